The lowest BCUT2D eigenvalue weighted by Gasteiger charge is -2.28. The number of sulfonamides is 1. The van der Waals surface area contributed by atoms with E-state index in [1.165, 1.54) is 25.2 Å². The molecular weight excluding hydrogens is 296 g/mol. The zero-order valence-corrected chi connectivity index (χ0v) is 12.5. The first-order valence-electron chi connectivity index (χ1n) is 6.68. The van der Waals surface area contributed by atoms with Crippen LogP contribution in [0.3, 0.4) is 0 Å². The molecule has 8 heteroatoms. The summed E-state index contributed by atoms with van der Waals surface area (Å²) in [5, 5.41) is 21.0. The summed E-state index contributed by atoms with van der Waals surface area (Å²) in [6.07, 6.45) is 2.89. The number of non-ortho nitro benzene ring substituents is 1. The minimum absolute atomic E-state index is 0.00196. The molecule has 0 atom stereocenters. The van der Waals surface area contributed by atoms with E-state index in [-0.39, 0.29) is 17.1 Å². The quantitative estimate of drug-likeness (QED) is 0.656. The lowest BCUT2D eigenvalue weighted by atomic mass is 10.0. The van der Waals surface area contributed by atoms with Gasteiger partial charge in [0.05, 0.1) is 15.4 Å². The minimum Gasteiger partial charge on any atom is -0.389 e. The summed E-state index contributed by atoms with van der Waals surface area (Å²) >= 11 is 0. The second kappa shape index (κ2) is 5.70. The Labute approximate surface area is 123 Å². The molecule has 1 N–H and O–H groups in total. The summed E-state index contributed by atoms with van der Waals surface area (Å²) in [5.74, 6) is 0. The van der Waals surface area contributed by atoms with Gasteiger partial charge in [0.25, 0.3) is 5.69 Å². The van der Waals surface area contributed by atoms with Gasteiger partial charge in [0.1, 0.15) is 0 Å². The maximum atomic E-state index is 12.4. The lowest BCUT2D eigenvalue weighted by molar-refractivity contribution is -0.385. The van der Waals surface area contributed by atoms with Crippen molar-refractivity contribution in [1.82, 2.24) is 4.31 Å². The second-order valence-electron chi connectivity index (χ2n) is 5.45. The van der Waals surface area contributed by atoms with Crippen LogP contribution < -0.4 is 0 Å². The van der Waals surface area contributed by atoms with Crippen molar-refractivity contribution in [3.63, 3.8) is 0 Å². The smallest absolute Gasteiger partial charge is 0.270 e. The number of nitro benzene ring substituents is 1. The normalized spacial score (nSPS) is 18.0. The average Bonchev–Trinajstić information content (AvgIpc) is 2.85. The molecule has 116 valence electrons. The van der Waals surface area contributed by atoms with Crippen LogP contribution in [0.4, 0.5) is 5.69 Å². The highest BCUT2D eigenvalue weighted by molar-refractivity contribution is 7.89. The Morgan fingerprint density at radius 1 is 1.38 bits per heavy atom. The van der Waals surface area contributed by atoms with Crippen LogP contribution in [0.25, 0.3) is 0 Å². The molecule has 0 aromatic heterocycles. The predicted molar refractivity (Wildman–Crippen MR) is 76.3 cm³/mol. The highest BCUT2D eigenvalue weighted by Gasteiger charge is 2.36. The van der Waals surface area contributed by atoms with Crippen LogP contribution in [0.2, 0.25) is 0 Å². The molecule has 0 saturated heterocycles. The zero-order valence-electron chi connectivity index (χ0n) is 11.7. The summed E-state index contributed by atoms with van der Waals surface area (Å²) in [6, 6.07) is 4.93. The fraction of sp³-hybridized carbons (Fsp3) is 0.538. The fourth-order valence-electron chi connectivity index (χ4n) is 2.63. The molecule has 0 radical (unpaired) electrons. The Morgan fingerprint density at radius 3 is 2.57 bits per heavy atom. The molecule has 1 aliphatic carbocycles. The Balaban J connectivity index is 2.24. The average molecular weight is 314 g/mol. The summed E-state index contributed by atoms with van der Waals surface area (Å²) in [5.41, 5.74) is -1.27. The molecule has 0 bridgehead atoms. The van der Waals surface area contributed by atoms with E-state index >= 15 is 0 Å². The highest BCUT2D eigenvalue weighted by atomic mass is 32.2. The first-order chi connectivity index (χ1) is 9.74. The van der Waals surface area contributed by atoms with Gasteiger partial charge in [-0.15, -0.1) is 0 Å². The molecule has 0 amide bonds. The molecule has 1 aliphatic rings. The monoisotopic (exact) mass is 314 g/mol. The number of benzene rings is 1. The van der Waals surface area contributed by atoms with Crippen LogP contribution in [0.15, 0.2) is 29.2 Å². The van der Waals surface area contributed by atoms with Gasteiger partial charge in [-0.2, -0.15) is 4.31 Å². The standard InChI is InChI=1S/C13H18N2O5S/c1-14(10-13(16)7-2-3-8-13)21(19,20)12-6-4-5-11(9-12)15(17)18/h4-6,9,16H,2-3,7-8,10H2,1H3. The van der Waals surface area contributed by atoms with Crippen LogP contribution >= 0.6 is 0 Å². The number of aliphatic hydroxyl groups is 1. The topological polar surface area (TPSA) is 101 Å². The van der Waals surface area contributed by atoms with E-state index in [1.807, 2.05) is 0 Å². The fourth-order valence-corrected chi connectivity index (χ4v) is 3.92. The van der Waals surface area contributed by atoms with Crippen LogP contribution in [0.1, 0.15) is 25.7 Å². The Morgan fingerprint density at radius 2 is 2.00 bits per heavy atom. The Bertz CT molecular complexity index is 638. The Hall–Kier alpha value is -1.51. The molecule has 1 aromatic carbocycles. The molecule has 1 saturated carbocycles. The van der Waals surface area contributed by atoms with Gasteiger partial charge in [0.15, 0.2) is 0 Å². The van der Waals surface area contributed by atoms with Gasteiger partial charge in [0, 0.05) is 25.7 Å². The van der Waals surface area contributed by atoms with E-state index in [4.69, 9.17) is 0 Å². The van der Waals surface area contributed by atoms with Crippen LogP contribution in [-0.2, 0) is 10.0 Å². The third kappa shape index (κ3) is 3.39. The van der Waals surface area contributed by atoms with Crippen LogP contribution in [0.5, 0.6) is 0 Å². The number of hydrogen-bond acceptors (Lipinski definition) is 5. The summed E-state index contributed by atoms with van der Waals surface area (Å²) in [4.78, 5) is 9.96. The van der Waals surface area contributed by atoms with E-state index in [0.717, 1.165) is 23.2 Å². The molecule has 0 aliphatic heterocycles. The van der Waals surface area contributed by atoms with Crippen molar-refractivity contribution in [3.05, 3.63) is 34.4 Å². The number of hydrogen-bond donors (Lipinski definition) is 1. The van der Waals surface area contributed by atoms with Gasteiger partial charge in [-0.1, -0.05) is 18.9 Å². The minimum atomic E-state index is -3.85. The van der Waals surface area contributed by atoms with Crippen molar-refractivity contribution >= 4 is 15.7 Å². The predicted octanol–water partition coefficient (Wildman–Crippen LogP) is 1.52. The van der Waals surface area contributed by atoms with Crippen LogP contribution in [0, 0.1) is 10.1 Å². The third-order valence-corrected chi connectivity index (χ3v) is 5.59. The summed E-state index contributed by atoms with van der Waals surface area (Å²) in [6.45, 7) is -0.00196. The second-order valence-corrected chi connectivity index (χ2v) is 7.49. The van der Waals surface area contributed by atoms with Gasteiger partial charge < -0.3 is 5.11 Å². The highest BCUT2D eigenvalue weighted by Crippen LogP contribution is 2.31. The molecule has 7 nitrogen and oxygen atoms in total. The largest absolute Gasteiger partial charge is 0.389 e. The van der Waals surface area contributed by atoms with Gasteiger partial charge in [0.2, 0.25) is 10.0 Å². The molecule has 2 rings (SSSR count). The number of nitro groups is 1. The van der Waals surface area contributed by atoms with Gasteiger partial charge in [-0.05, 0) is 18.9 Å². The van der Waals surface area contributed by atoms with Crippen molar-refractivity contribution in [3.8, 4) is 0 Å². The van der Waals surface area contributed by atoms with Crippen molar-refractivity contribution in [1.29, 1.82) is 0 Å². The van der Waals surface area contributed by atoms with E-state index in [0.29, 0.717) is 12.8 Å². The summed E-state index contributed by atoms with van der Waals surface area (Å²) in [7, 11) is -2.47. The third-order valence-electron chi connectivity index (χ3n) is 3.79. The van der Waals surface area contributed by atoms with E-state index in [2.05, 4.69) is 0 Å². The van der Waals surface area contributed by atoms with Crippen molar-refractivity contribution in [2.75, 3.05) is 13.6 Å². The van der Waals surface area contributed by atoms with Crippen LogP contribution in [-0.4, -0.2) is 41.9 Å². The van der Waals surface area contributed by atoms with Gasteiger partial charge >= 0.3 is 0 Å². The van der Waals surface area contributed by atoms with Crippen molar-refractivity contribution < 1.29 is 18.4 Å². The summed E-state index contributed by atoms with van der Waals surface area (Å²) < 4.78 is 25.9. The number of rotatable bonds is 5. The van der Waals surface area contributed by atoms with Crippen molar-refractivity contribution in [2.24, 2.45) is 0 Å². The molecule has 0 unspecified atom stereocenters. The van der Waals surface area contributed by atoms with E-state index in [9.17, 15) is 23.6 Å². The number of nitrogens with zero attached hydrogens (tertiary/aromatic N) is 2. The van der Waals surface area contributed by atoms with E-state index < -0.39 is 20.5 Å². The lowest BCUT2D eigenvalue weighted by Crippen LogP contribution is -2.41. The van der Waals surface area contributed by atoms with Crippen molar-refractivity contribution in [2.45, 2.75) is 36.2 Å². The maximum Gasteiger partial charge on any atom is 0.270 e. The van der Waals surface area contributed by atoms with Gasteiger partial charge in [-0.3, -0.25) is 10.1 Å². The zero-order chi connectivity index (χ0) is 15.7. The Kier molecular flexibility index (Phi) is 4.31. The molecule has 1 aromatic rings. The molecule has 0 heterocycles. The molecule has 0 spiro atoms. The van der Waals surface area contributed by atoms with E-state index in [1.54, 1.807) is 0 Å². The molecule has 1 fully saturated rings. The first-order valence-corrected chi connectivity index (χ1v) is 8.12. The first kappa shape index (κ1) is 15.9. The molecular formula is C13H18N2O5S. The SMILES string of the molecule is CN(CC1(O)CCCC1)S(=O)(=O)c1cccc([N+](=O)[O-])c1. The number of likely N-dealkylation sites (N-methyl/N-ethyl adjacent to an activating group) is 1. The molecule has 21 heavy (non-hydrogen) atoms. The van der Waals surface area contributed by atoms with Gasteiger partial charge in [-0.25, -0.2) is 8.42 Å². The maximum absolute atomic E-state index is 12.4.